The van der Waals surface area contributed by atoms with Crippen LogP contribution in [0.15, 0.2) is 282 Å². The molecular formula is C76H49IN2O2. The minimum atomic E-state index is -1.98. The summed E-state index contributed by atoms with van der Waals surface area (Å²) in [7, 11) is 0. The van der Waals surface area contributed by atoms with Crippen molar-refractivity contribution in [2.24, 2.45) is 0 Å². The van der Waals surface area contributed by atoms with Crippen LogP contribution in [0.1, 0.15) is 5.56 Å². The maximum absolute atomic E-state index is 6.57. The fourth-order valence-electron chi connectivity index (χ4n) is 12.9. The first-order valence-corrected chi connectivity index (χ1v) is 31.5. The van der Waals surface area contributed by atoms with Crippen molar-refractivity contribution in [1.29, 1.82) is 0 Å². The van der Waals surface area contributed by atoms with Gasteiger partial charge in [-0.3, -0.25) is 0 Å². The van der Waals surface area contributed by atoms with Crippen LogP contribution in [0.25, 0.3) is 126 Å². The molecule has 13 aromatic carbocycles. The number of rotatable bonds is 10. The van der Waals surface area contributed by atoms with Crippen LogP contribution in [0.3, 0.4) is 0 Å². The van der Waals surface area contributed by atoms with E-state index in [-0.39, 0.29) is 0 Å². The number of hydrogen-bond donors (Lipinski definition) is 0. The Morgan fingerprint density at radius 3 is 1.65 bits per heavy atom. The summed E-state index contributed by atoms with van der Waals surface area (Å²) in [6.07, 6.45) is 0.951. The van der Waals surface area contributed by atoms with Crippen molar-refractivity contribution in [1.82, 2.24) is 4.40 Å². The van der Waals surface area contributed by atoms with Crippen molar-refractivity contribution in [3.05, 3.63) is 286 Å². The molecule has 0 aliphatic carbocycles. The molecule has 5 heteroatoms. The first-order chi connectivity index (χ1) is 40.1. The molecule has 0 aliphatic heterocycles. The van der Waals surface area contributed by atoms with Gasteiger partial charge in [0.15, 0.2) is 0 Å². The summed E-state index contributed by atoms with van der Waals surface area (Å²) < 4.78 is 19.5. The molecule has 0 N–H and O–H groups in total. The van der Waals surface area contributed by atoms with E-state index in [1.807, 2.05) is 6.07 Å². The number of halogens is 1. The number of nitrogens with zero attached hydrogens (tertiary/aromatic N) is 2. The number of fused-ring (bicyclic) bond motifs is 14. The number of alkyl halides is 1. The van der Waals surface area contributed by atoms with Crippen molar-refractivity contribution in [2.45, 2.75) is 6.42 Å². The van der Waals surface area contributed by atoms with Gasteiger partial charge in [0.1, 0.15) is 11.2 Å². The molecule has 0 saturated carbocycles. The topological polar surface area (TPSA) is 33.9 Å². The Balaban J connectivity index is 0.854. The summed E-state index contributed by atoms with van der Waals surface area (Å²) in [5.41, 5.74) is 16.8. The largest absolute Gasteiger partial charge is 0.0617 e. The van der Waals surface area contributed by atoms with Gasteiger partial charge >= 0.3 is 325 Å². The van der Waals surface area contributed by atoms with Gasteiger partial charge in [0.05, 0.1) is 0 Å². The van der Waals surface area contributed by atoms with Crippen LogP contribution in [0.4, 0.5) is 17.1 Å². The predicted octanol–water partition coefficient (Wildman–Crippen LogP) is 21.5. The number of hydrogen-bond acceptors (Lipinski definition) is 3. The van der Waals surface area contributed by atoms with Gasteiger partial charge in [-0.1, -0.05) is 78.9 Å². The van der Waals surface area contributed by atoms with Crippen molar-refractivity contribution in [2.75, 3.05) is 9.33 Å². The van der Waals surface area contributed by atoms with Crippen LogP contribution in [0.5, 0.6) is 0 Å². The van der Waals surface area contributed by atoms with Crippen LogP contribution in [-0.4, -0.2) is 8.83 Å². The number of para-hydroxylation sites is 4. The molecule has 0 radical (unpaired) electrons. The van der Waals surface area contributed by atoms with Crippen LogP contribution in [0.2, 0.25) is 0 Å². The molecule has 0 saturated heterocycles. The maximum Gasteiger partial charge on any atom is -0.0302 e. The predicted molar refractivity (Wildman–Crippen MR) is 349 cm³/mol. The standard InChI is InChI=1S/C76H49IN2O2/c1-4-16-48(17-5-1)50-19-14-24-60(39-50)78(59-22-8-3-9-23-59)61-34-31-52-42-66-69-45-56(53-32-35-74-67(43-53)63-26-11-12-28-72(63)80-74)44-68-65-41-51-30-33-58(38-54(51)46-70(65)79(75(68)69)71(66)47-55(52)40-61)77(57-20-6-2-7-21-57)37-36-49-18-15-27-64-62-25-10-13-29-73(62)81-76(49)64/h1-35,38-47H,36-37H2. The molecule has 0 unspecified atom stereocenters. The van der Waals surface area contributed by atoms with E-state index in [1.54, 1.807) is 0 Å². The first kappa shape index (κ1) is 46.2. The van der Waals surface area contributed by atoms with Crippen LogP contribution < -0.4 is 4.90 Å². The molecule has 17 rings (SSSR count). The van der Waals surface area contributed by atoms with E-state index < -0.39 is 19.8 Å². The Bertz CT molecular complexity index is 5310. The zero-order chi connectivity index (χ0) is 53.1. The number of furan rings is 2. The molecule has 0 amide bonds. The minimum absolute atomic E-state index is 0.903. The molecule has 4 aromatic heterocycles. The van der Waals surface area contributed by atoms with Crippen LogP contribution in [-0.2, 0) is 6.42 Å². The van der Waals surface area contributed by atoms with E-state index >= 15 is 0 Å². The summed E-state index contributed by atoms with van der Waals surface area (Å²) in [6, 6.07) is 101. The quantitative estimate of drug-likeness (QED) is 0.101. The number of aromatic nitrogens is 1. The van der Waals surface area contributed by atoms with E-state index in [0.29, 0.717) is 0 Å². The van der Waals surface area contributed by atoms with E-state index in [0.717, 1.165) is 61.0 Å². The Kier molecular flexibility index (Phi) is 10.5. The molecule has 0 aliphatic rings. The van der Waals surface area contributed by atoms with Gasteiger partial charge < -0.3 is 4.42 Å². The SMILES string of the molecule is c1ccc(-c2cccc(N(c3ccccc3)c3ccc4cc5c6cc(-c7ccc8oc9ccccc9c8c7)cc7c8cc9ccc(I(CCc%10cccc%11c%10oc%10ccccc%10%11)c%10ccccc%10)cc9cc8n(c5cc4c3)c67)c2)cc1. The molecule has 0 atom stereocenters. The average Bonchev–Trinajstić information content (AvgIpc) is 2.51. The molecule has 382 valence electrons. The number of benzene rings is 13. The fourth-order valence-corrected chi connectivity index (χ4v) is 18.6. The summed E-state index contributed by atoms with van der Waals surface area (Å²) in [5.74, 6) is 0. The van der Waals surface area contributed by atoms with Crippen LogP contribution in [0, 0.1) is 7.14 Å². The van der Waals surface area contributed by atoms with Gasteiger partial charge in [0.2, 0.25) is 0 Å². The smallest absolute Gasteiger partial charge is 0.0302 e. The second-order valence-electron chi connectivity index (χ2n) is 21.4. The first-order valence-electron chi connectivity index (χ1n) is 27.8. The molecule has 17 aromatic rings. The maximum atomic E-state index is 6.57. The van der Waals surface area contributed by atoms with Crippen molar-refractivity contribution in [3.8, 4) is 22.3 Å². The average molecular weight is 1150 g/mol. The van der Waals surface area contributed by atoms with Crippen molar-refractivity contribution >= 4 is 140 Å². The fraction of sp³-hybridized carbons (Fsp3) is 0.0263. The summed E-state index contributed by atoms with van der Waals surface area (Å²) >= 11 is -1.98. The zero-order valence-corrected chi connectivity index (χ0v) is 46.1. The summed E-state index contributed by atoms with van der Waals surface area (Å²) in [6.45, 7) is 0. The third-order valence-electron chi connectivity index (χ3n) is 16.7. The summed E-state index contributed by atoms with van der Waals surface area (Å²) in [5, 5.41) is 14.6. The van der Waals surface area contributed by atoms with Crippen molar-refractivity contribution in [3.63, 3.8) is 0 Å². The molecule has 4 heterocycles. The van der Waals surface area contributed by atoms with Gasteiger partial charge in [0, 0.05) is 16.8 Å². The third-order valence-corrected chi connectivity index (χ3v) is 22.8. The minimum Gasteiger partial charge on any atom is -0.0617 e. The molecule has 0 fully saturated rings. The Labute approximate surface area is 474 Å². The number of aryl methyl sites for hydroxylation is 1. The second kappa shape index (κ2) is 18.4. The van der Waals surface area contributed by atoms with Crippen LogP contribution >= 0.6 is 19.8 Å². The van der Waals surface area contributed by atoms with Gasteiger partial charge in [-0.05, 0) is 41.5 Å². The van der Waals surface area contributed by atoms with E-state index in [4.69, 9.17) is 8.83 Å². The molecule has 81 heavy (non-hydrogen) atoms. The number of anilines is 3. The normalized spacial score (nSPS) is 12.3. The van der Waals surface area contributed by atoms with Gasteiger partial charge in [-0.2, -0.15) is 0 Å². The molecule has 0 bridgehead atoms. The molecule has 0 spiro atoms. The molecule has 4 nitrogen and oxygen atoms in total. The monoisotopic (exact) mass is 1150 g/mol. The molecular weight excluding hydrogens is 1100 g/mol. The zero-order valence-electron chi connectivity index (χ0n) is 44.0. The second-order valence-corrected chi connectivity index (χ2v) is 27.0. The Hall–Kier alpha value is -9.69. The Morgan fingerprint density at radius 2 is 0.889 bits per heavy atom. The van der Waals surface area contributed by atoms with E-state index in [9.17, 15) is 0 Å². The van der Waals surface area contributed by atoms with Gasteiger partial charge in [-0.15, -0.1) is 0 Å². The van der Waals surface area contributed by atoms with E-state index in [1.165, 1.54) is 105 Å². The van der Waals surface area contributed by atoms with Gasteiger partial charge in [0.25, 0.3) is 0 Å². The van der Waals surface area contributed by atoms with E-state index in [2.05, 4.69) is 276 Å². The summed E-state index contributed by atoms with van der Waals surface area (Å²) in [4.78, 5) is 2.39. The van der Waals surface area contributed by atoms with Gasteiger partial charge in [-0.25, -0.2) is 0 Å². The Morgan fingerprint density at radius 1 is 0.321 bits per heavy atom. The third kappa shape index (κ3) is 7.56. The van der Waals surface area contributed by atoms with Crippen molar-refractivity contribution < 1.29 is 8.83 Å².